The van der Waals surface area contributed by atoms with E-state index in [2.05, 4.69) is 8.75 Å². The Morgan fingerprint density at radius 3 is 2.92 bits per heavy atom. The van der Waals surface area contributed by atoms with Gasteiger partial charge in [0.15, 0.2) is 0 Å². The first kappa shape index (κ1) is 7.49. The number of benzene rings is 1. The van der Waals surface area contributed by atoms with Crippen molar-refractivity contribution in [3.63, 3.8) is 0 Å². The minimum absolute atomic E-state index is 0.871. The molecule has 0 spiro atoms. The summed E-state index contributed by atoms with van der Waals surface area (Å²) < 4.78 is 13.5. The molecule has 2 aromatic rings. The Morgan fingerprint density at radius 2 is 2.17 bits per heavy atom. The maximum atomic E-state index is 5.16. The van der Waals surface area contributed by atoms with Crippen molar-refractivity contribution in [2.45, 2.75) is 6.92 Å². The van der Waals surface area contributed by atoms with Crippen LogP contribution in [-0.4, -0.2) is 15.9 Å². The van der Waals surface area contributed by atoms with E-state index in [1.54, 1.807) is 7.11 Å². The lowest BCUT2D eigenvalue weighted by Crippen LogP contribution is -1.87. The molecule has 0 amide bonds. The zero-order valence-electron chi connectivity index (χ0n) is 6.87. The van der Waals surface area contributed by atoms with Crippen LogP contribution in [0.2, 0.25) is 0 Å². The molecule has 0 aliphatic heterocycles. The van der Waals surface area contributed by atoms with Gasteiger partial charge in [0.05, 0.1) is 18.8 Å². The first-order chi connectivity index (χ1) is 5.83. The van der Waals surface area contributed by atoms with Crippen LogP contribution in [0.3, 0.4) is 0 Å². The smallest absolute Gasteiger partial charge is 0.124 e. The molecule has 4 heteroatoms. The summed E-state index contributed by atoms with van der Waals surface area (Å²) in [6, 6.07) is 3.84. The summed E-state index contributed by atoms with van der Waals surface area (Å²) in [6.07, 6.45) is 0. The lowest BCUT2D eigenvalue weighted by Gasteiger charge is -2.02. The molecule has 0 aliphatic rings. The molecule has 2 rings (SSSR count). The van der Waals surface area contributed by atoms with Crippen LogP contribution >= 0.6 is 11.7 Å². The molecule has 12 heavy (non-hydrogen) atoms. The third kappa shape index (κ3) is 0.956. The van der Waals surface area contributed by atoms with Crippen molar-refractivity contribution in [1.82, 2.24) is 8.75 Å². The third-order valence-electron chi connectivity index (χ3n) is 1.85. The number of ether oxygens (including phenoxy) is 1. The summed E-state index contributed by atoms with van der Waals surface area (Å²) in [6.45, 7) is 1.99. The third-order valence-corrected chi connectivity index (χ3v) is 2.39. The number of methoxy groups -OCH3 is 1. The maximum Gasteiger partial charge on any atom is 0.124 e. The van der Waals surface area contributed by atoms with Gasteiger partial charge in [-0.3, -0.25) is 0 Å². The van der Waals surface area contributed by atoms with Gasteiger partial charge in [0.2, 0.25) is 0 Å². The summed E-state index contributed by atoms with van der Waals surface area (Å²) in [7, 11) is 1.66. The molecule has 0 N–H and O–H groups in total. The van der Waals surface area contributed by atoms with Gasteiger partial charge >= 0.3 is 0 Å². The molecule has 0 unspecified atom stereocenters. The standard InChI is InChI=1S/C8H8N2OS/c1-5-7(11-2)4-3-6-8(5)10-12-9-6/h3-4H,1-2H3. The highest BCUT2D eigenvalue weighted by Crippen LogP contribution is 2.24. The molecule has 0 saturated carbocycles. The quantitative estimate of drug-likeness (QED) is 0.673. The van der Waals surface area contributed by atoms with Crippen molar-refractivity contribution in [2.75, 3.05) is 7.11 Å². The average Bonchev–Trinajstić information content (AvgIpc) is 2.53. The molecule has 0 fully saturated rings. The summed E-state index contributed by atoms with van der Waals surface area (Å²) in [4.78, 5) is 0. The molecule has 0 bridgehead atoms. The van der Waals surface area contributed by atoms with Crippen molar-refractivity contribution >= 4 is 22.8 Å². The van der Waals surface area contributed by atoms with E-state index in [9.17, 15) is 0 Å². The average molecular weight is 180 g/mol. The monoisotopic (exact) mass is 180 g/mol. The Morgan fingerprint density at radius 1 is 1.33 bits per heavy atom. The van der Waals surface area contributed by atoms with Crippen LogP contribution in [0.4, 0.5) is 0 Å². The predicted molar refractivity (Wildman–Crippen MR) is 48.7 cm³/mol. The SMILES string of the molecule is COc1ccc2nsnc2c1C. The van der Waals surface area contributed by atoms with E-state index < -0.39 is 0 Å². The van der Waals surface area contributed by atoms with Crippen LogP contribution in [0.5, 0.6) is 5.75 Å². The molecular weight excluding hydrogens is 172 g/mol. The second-order valence-electron chi connectivity index (χ2n) is 2.52. The normalized spacial score (nSPS) is 10.5. The lowest BCUT2D eigenvalue weighted by molar-refractivity contribution is 0.412. The molecule has 3 nitrogen and oxygen atoms in total. The second kappa shape index (κ2) is 2.71. The number of hydrogen-bond acceptors (Lipinski definition) is 4. The van der Waals surface area contributed by atoms with Gasteiger partial charge in [0.25, 0.3) is 0 Å². The molecule has 0 radical (unpaired) electrons. The van der Waals surface area contributed by atoms with E-state index >= 15 is 0 Å². The first-order valence-corrected chi connectivity index (χ1v) is 4.32. The van der Waals surface area contributed by atoms with Gasteiger partial charge in [0.1, 0.15) is 16.8 Å². The van der Waals surface area contributed by atoms with Gasteiger partial charge < -0.3 is 4.74 Å². The van der Waals surface area contributed by atoms with E-state index in [1.165, 1.54) is 11.7 Å². The predicted octanol–water partition coefficient (Wildman–Crippen LogP) is 2.01. The number of hydrogen-bond donors (Lipinski definition) is 0. The maximum absolute atomic E-state index is 5.16. The fourth-order valence-electron chi connectivity index (χ4n) is 1.18. The highest BCUT2D eigenvalue weighted by Gasteiger charge is 2.05. The molecule has 1 aromatic heterocycles. The molecule has 0 atom stereocenters. The zero-order valence-corrected chi connectivity index (χ0v) is 7.68. The van der Waals surface area contributed by atoms with E-state index in [4.69, 9.17) is 4.74 Å². The van der Waals surface area contributed by atoms with Crippen molar-refractivity contribution in [2.24, 2.45) is 0 Å². The van der Waals surface area contributed by atoms with Crippen LogP contribution in [0.15, 0.2) is 12.1 Å². The van der Waals surface area contributed by atoms with Crippen molar-refractivity contribution in [1.29, 1.82) is 0 Å². The fraction of sp³-hybridized carbons (Fsp3) is 0.250. The Balaban J connectivity index is 2.78. The first-order valence-electron chi connectivity index (χ1n) is 3.59. The number of nitrogens with zero attached hydrogens (tertiary/aromatic N) is 2. The van der Waals surface area contributed by atoms with Gasteiger partial charge in [-0.05, 0) is 19.1 Å². The molecule has 1 aromatic carbocycles. The van der Waals surface area contributed by atoms with Gasteiger partial charge in [0, 0.05) is 5.56 Å². The highest BCUT2D eigenvalue weighted by molar-refractivity contribution is 7.00. The van der Waals surface area contributed by atoms with Gasteiger partial charge in [-0.15, -0.1) is 0 Å². The van der Waals surface area contributed by atoms with Gasteiger partial charge in [-0.25, -0.2) is 0 Å². The van der Waals surface area contributed by atoms with Crippen LogP contribution in [-0.2, 0) is 0 Å². The summed E-state index contributed by atoms with van der Waals surface area (Å²) in [5.74, 6) is 0.871. The van der Waals surface area contributed by atoms with E-state index in [-0.39, 0.29) is 0 Å². The van der Waals surface area contributed by atoms with Crippen LogP contribution in [0.25, 0.3) is 11.0 Å². The summed E-state index contributed by atoms with van der Waals surface area (Å²) >= 11 is 1.23. The van der Waals surface area contributed by atoms with Crippen LogP contribution in [0, 0.1) is 6.92 Å². The Bertz CT molecular complexity index is 410. The molecule has 62 valence electrons. The van der Waals surface area contributed by atoms with Crippen LogP contribution < -0.4 is 4.74 Å². The summed E-state index contributed by atoms with van der Waals surface area (Å²) in [5.41, 5.74) is 2.95. The Hall–Kier alpha value is -1.16. The minimum atomic E-state index is 0.871. The lowest BCUT2D eigenvalue weighted by atomic mass is 10.2. The summed E-state index contributed by atoms with van der Waals surface area (Å²) in [5, 5.41) is 0. The molecule has 1 heterocycles. The number of aryl methyl sites for hydroxylation is 1. The number of aromatic nitrogens is 2. The molecule has 0 aliphatic carbocycles. The van der Waals surface area contributed by atoms with Crippen molar-refractivity contribution < 1.29 is 4.74 Å². The van der Waals surface area contributed by atoms with Crippen molar-refractivity contribution in [3.8, 4) is 5.75 Å². The van der Waals surface area contributed by atoms with Crippen LogP contribution in [0.1, 0.15) is 5.56 Å². The molecular formula is C8H8N2OS. The highest BCUT2D eigenvalue weighted by atomic mass is 32.1. The fourth-order valence-corrected chi connectivity index (χ4v) is 1.77. The second-order valence-corrected chi connectivity index (χ2v) is 3.05. The van der Waals surface area contributed by atoms with E-state index in [0.29, 0.717) is 0 Å². The Kier molecular flexibility index (Phi) is 1.69. The molecule has 0 saturated heterocycles. The van der Waals surface area contributed by atoms with E-state index in [0.717, 1.165) is 22.3 Å². The topological polar surface area (TPSA) is 35.0 Å². The van der Waals surface area contributed by atoms with Gasteiger partial charge in [-0.1, -0.05) is 0 Å². The van der Waals surface area contributed by atoms with Crippen molar-refractivity contribution in [3.05, 3.63) is 17.7 Å². The largest absolute Gasteiger partial charge is 0.496 e. The minimum Gasteiger partial charge on any atom is -0.496 e. The van der Waals surface area contributed by atoms with Gasteiger partial charge in [-0.2, -0.15) is 8.75 Å². The number of fused-ring (bicyclic) bond motifs is 1. The zero-order chi connectivity index (χ0) is 8.55. The Labute approximate surface area is 74.3 Å². The number of rotatable bonds is 1. The van der Waals surface area contributed by atoms with E-state index in [1.807, 2.05) is 19.1 Å².